The second-order valence-corrected chi connectivity index (χ2v) is 42.9. The number of para-hydroxylation sites is 4. The van der Waals surface area contributed by atoms with Crippen LogP contribution in [0.3, 0.4) is 0 Å². The number of rotatable bonds is 22. The highest BCUT2D eigenvalue weighted by atomic mass is 16.4. The van der Waals surface area contributed by atoms with Gasteiger partial charge in [0.25, 0.3) is 23.6 Å². The van der Waals surface area contributed by atoms with E-state index >= 15 is 0 Å². The maximum absolute atomic E-state index is 14.0. The highest BCUT2D eigenvalue weighted by Crippen LogP contribution is 2.54. The van der Waals surface area contributed by atoms with Crippen LogP contribution in [0.15, 0.2) is 199 Å². The summed E-state index contributed by atoms with van der Waals surface area (Å²) in [5.41, 5.74) is 11.9. The standard InChI is InChI=1S/C29H33N5O4.2C29H31N5O3.C29H32N4O4/c1-17(2)12-24(32-26(35)23-13-20-18(3)8-7-10-22(20)31-23)27(36)34-16-29(14-19(34)15-30-38)21-9-5-6-11-25(21)33(4)28(29)37;2*1-17(2)12-24(32-26(35)23-13-20-18(3)8-7-10-22(20)31-23)27(36)34-16-29(14-19(34)15-30)21-9-5-6-11-25(21)33(4)28(29)37;1-17(2)12-24(31-26(35)23-13-20-18(3)8-7-10-22(20)30-23)27(36)33-16-29(14-19(33)15-34)21-9-5-6-11-25(21)32(4)28(29)37/h5-11,13,15,17,19,24,31,38H,12,14,16H2,1-4H3,(H,32,35);2*5-11,13,17,19,24,31H,12,14,16H2,1-4H3,(H,32,35);5-11,13,15,17,19,24,30H,12,14,16H2,1-4H3,(H,31,35)/t4*19-,24-,29-/m0000/s1. The van der Waals surface area contributed by atoms with Gasteiger partial charge in [0.05, 0.1) is 52.1 Å². The van der Waals surface area contributed by atoms with Crippen molar-refractivity contribution < 1.29 is 67.5 Å². The van der Waals surface area contributed by atoms with Crippen molar-refractivity contribution in [2.24, 2.45) is 28.8 Å². The molecule has 0 saturated carbocycles. The van der Waals surface area contributed by atoms with Gasteiger partial charge < -0.3 is 90.4 Å². The molecular weight excluding hydrogens is 1880 g/mol. The Labute approximate surface area is 864 Å². The lowest BCUT2D eigenvalue weighted by Gasteiger charge is -2.29. The van der Waals surface area contributed by atoms with Crippen LogP contribution in [-0.4, -0.2) is 231 Å². The van der Waals surface area contributed by atoms with Gasteiger partial charge in [-0.2, -0.15) is 10.5 Å². The van der Waals surface area contributed by atoms with E-state index in [-0.39, 0.29) is 140 Å². The molecule has 4 spiro atoms. The number of likely N-dealkylation sites (N-methyl/N-ethyl adjacent to an activating group) is 4. The number of benzene rings is 8. The van der Waals surface area contributed by atoms with Crippen LogP contribution in [0, 0.1) is 74.0 Å². The number of aromatic nitrogens is 4. The summed E-state index contributed by atoms with van der Waals surface area (Å²) in [5.74, 6) is -2.77. The molecule has 8 aromatic carbocycles. The Balaban J connectivity index is 0.000000135. The number of fused-ring (bicyclic) bond motifs is 12. The minimum absolute atomic E-state index is 0.0942. The van der Waals surface area contributed by atoms with Gasteiger partial charge in [0.15, 0.2) is 0 Å². The molecule has 33 nitrogen and oxygen atoms in total. The van der Waals surface area contributed by atoms with Gasteiger partial charge in [0, 0.05) is 134 Å². The van der Waals surface area contributed by atoms with Crippen LogP contribution in [0.25, 0.3) is 43.6 Å². The Morgan fingerprint density at radius 3 is 0.839 bits per heavy atom. The second-order valence-electron chi connectivity index (χ2n) is 42.9. The molecule has 149 heavy (non-hydrogen) atoms. The summed E-state index contributed by atoms with van der Waals surface area (Å²) in [6.07, 6.45) is 4.69. The number of likely N-dealkylation sites (tertiary alicyclic amines) is 4. The predicted molar refractivity (Wildman–Crippen MR) is 569 cm³/mol. The molecule has 0 aliphatic carbocycles. The van der Waals surface area contributed by atoms with E-state index in [0.29, 0.717) is 54.9 Å². The first-order chi connectivity index (χ1) is 71.1. The number of hydrogen-bond donors (Lipinski definition) is 9. The number of aryl methyl sites for hydroxylation is 4. The summed E-state index contributed by atoms with van der Waals surface area (Å²) in [5, 5.41) is 48.1. The van der Waals surface area contributed by atoms with Crippen LogP contribution in [0.5, 0.6) is 0 Å². The lowest BCUT2D eigenvalue weighted by atomic mass is 9.79. The molecule has 4 fully saturated rings. The summed E-state index contributed by atoms with van der Waals surface area (Å²) in [7, 11) is 6.91. The molecule has 8 aliphatic rings. The van der Waals surface area contributed by atoms with Gasteiger partial charge in [-0.15, -0.1) is 0 Å². The molecule has 0 bridgehead atoms. The van der Waals surface area contributed by atoms with Crippen LogP contribution < -0.4 is 40.9 Å². The van der Waals surface area contributed by atoms with E-state index in [0.717, 1.165) is 117 Å². The third kappa shape index (κ3) is 19.1. The smallest absolute Gasteiger partial charge is 0.268 e. The number of nitrogens with one attached hydrogen (secondary N) is 8. The minimum Gasteiger partial charge on any atom is -0.411 e. The maximum Gasteiger partial charge on any atom is 0.268 e. The number of anilines is 4. The number of aromatic amines is 4. The first kappa shape index (κ1) is 104. The normalized spacial score (nSPS) is 21.6. The van der Waals surface area contributed by atoms with Crippen molar-refractivity contribution in [3.8, 4) is 12.1 Å². The molecule has 12 aromatic rings. The molecule has 12 atom stereocenters. The van der Waals surface area contributed by atoms with E-state index in [1.54, 1.807) is 77.0 Å². The van der Waals surface area contributed by atoms with Gasteiger partial charge >= 0.3 is 0 Å². The molecule has 9 N–H and O–H groups in total. The Bertz CT molecular complexity index is 7280. The van der Waals surface area contributed by atoms with Crippen molar-refractivity contribution in [2.45, 2.75) is 204 Å². The molecule has 33 heteroatoms. The molecule has 0 unspecified atom stereocenters. The fourth-order valence-electron chi connectivity index (χ4n) is 23.7. The Kier molecular flexibility index (Phi) is 29.0. The second kappa shape index (κ2) is 41.5. The number of nitriles is 2. The topological polar surface area (TPSA) is 439 Å². The Morgan fingerprint density at radius 2 is 0.597 bits per heavy atom. The fourth-order valence-corrected chi connectivity index (χ4v) is 23.7. The number of amides is 12. The molecule has 12 heterocycles. The number of carbonyl (C=O) groups is 13. The zero-order valence-corrected chi connectivity index (χ0v) is 86.7. The van der Waals surface area contributed by atoms with E-state index in [4.69, 9.17) is 0 Å². The summed E-state index contributed by atoms with van der Waals surface area (Å²) in [4.78, 5) is 200. The number of hydrogen-bond acceptors (Lipinski definition) is 17. The molecule has 20 rings (SSSR count). The minimum atomic E-state index is -0.965. The number of oxime groups is 1. The molecule has 12 amide bonds. The van der Waals surface area contributed by atoms with Crippen LogP contribution >= 0.6 is 0 Å². The van der Waals surface area contributed by atoms with E-state index in [1.807, 2.05) is 253 Å². The molecule has 770 valence electrons. The predicted octanol–water partition coefficient (Wildman–Crippen LogP) is 14.3. The van der Waals surface area contributed by atoms with Crippen LogP contribution in [0.1, 0.15) is 193 Å². The van der Waals surface area contributed by atoms with Crippen LogP contribution in [0.2, 0.25) is 0 Å². The molecular formula is C116H127N19O14. The van der Waals surface area contributed by atoms with Gasteiger partial charge in [-0.05, 0) is 207 Å². The first-order valence-corrected chi connectivity index (χ1v) is 50.9. The van der Waals surface area contributed by atoms with Gasteiger partial charge in [-0.25, -0.2) is 0 Å². The largest absolute Gasteiger partial charge is 0.411 e. The zero-order valence-electron chi connectivity index (χ0n) is 86.7. The maximum atomic E-state index is 14.0. The average Bonchev–Trinajstić information content (AvgIpc) is 1.57. The number of H-pyrrole nitrogens is 4. The quantitative estimate of drug-likeness (QED) is 0.0132. The highest BCUT2D eigenvalue weighted by molar-refractivity contribution is 6.14. The Morgan fingerprint density at radius 1 is 0.362 bits per heavy atom. The summed E-state index contributed by atoms with van der Waals surface area (Å²) in [6, 6.07) is 58.9. The third-order valence-electron chi connectivity index (χ3n) is 31.1. The van der Waals surface area contributed by atoms with E-state index in [9.17, 15) is 78.1 Å². The lowest BCUT2D eigenvalue weighted by molar-refractivity contribution is -0.137. The van der Waals surface area contributed by atoms with E-state index in [2.05, 4.69) is 58.5 Å². The van der Waals surface area contributed by atoms with Crippen LogP contribution in [-0.2, 0) is 64.8 Å². The zero-order chi connectivity index (χ0) is 107. The Hall–Kier alpha value is -16.3. The number of nitrogens with zero attached hydrogens (tertiary/aromatic N) is 11. The van der Waals surface area contributed by atoms with Gasteiger partial charge in [0.2, 0.25) is 47.3 Å². The van der Waals surface area contributed by atoms with Crippen molar-refractivity contribution in [3.05, 3.63) is 261 Å². The number of carbonyl (C=O) groups excluding carboxylic acids is 13. The molecule has 8 aliphatic heterocycles. The van der Waals surface area contributed by atoms with Crippen molar-refractivity contribution in [2.75, 3.05) is 74.0 Å². The monoisotopic (exact) mass is 2010 g/mol. The average molecular weight is 2010 g/mol. The fraction of sp³-hybridized carbons (Fsp3) is 0.379. The van der Waals surface area contributed by atoms with Crippen molar-refractivity contribution in [1.29, 1.82) is 10.5 Å². The van der Waals surface area contributed by atoms with Gasteiger partial charge in [0.1, 0.15) is 65.3 Å². The molecule has 4 saturated heterocycles. The molecule has 4 aromatic heterocycles. The van der Waals surface area contributed by atoms with Crippen molar-refractivity contribution >= 4 is 150 Å². The highest BCUT2D eigenvalue weighted by Gasteiger charge is 2.63. The first-order valence-electron chi connectivity index (χ1n) is 50.9. The summed E-state index contributed by atoms with van der Waals surface area (Å²) in [6.45, 7) is 24.3. The SMILES string of the molecule is Cc1cccc2[nH]c(C(=O)N[C@@H](CC(C)C)C(=O)N3C[C@]4(C[C@H]3C#N)C(=O)N(C)c3ccccc34)cc12.Cc1cccc2[nH]c(C(=O)N[C@@H](CC(C)C)C(=O)N3C[C@]4(C[C@H]3C#N)C(=O)N(C)c3ccccc34)cc12.Cc1cccc2[nH]c(C(=O)N[C@@H](CC(C)C)C(=O)N3C[C@]4(C[C@H]3C=NO)C(=O)N(C)c3ccccc34)cc12.Cc1cccc2[nH]c(C(=O)N[C@@H](CC(C)C)C(=O)N3C[C@]4(C[C@H]3C=O)C(=O)N(C)c3ccccc34)cc12. The van der Waals surface area contributed by atoms with Crippen LogP contribution in [0.4, 0.5) is 22.7 Å². The van der Waals surface area contributed by atoms with Gasteiger partial charge in [-0.3, -0.25) is 57.5 Å². The number of aldehydes is 1. The van der Waals surface area contributed by atoms with Crippen molar-refractivity contribution in [3.63, 3.8) is 0 Å². The van der Waals surface area contributed by atoms with E-state index < -0.39 is 70.0 Å². The summed E-state index contributed by atoms with van der Waals surface area (Å²) >= 11 is 0. The third-order valence-corrected chi connectivity index (χ3v) is 31.1. The lowest BCUT2D eigenvalue weighted by Crippen LogP contribution is -2.52. The molecule has 0 radical (unpaired) electrons. The van der Waals surface area contributed by atoms with Gasteiger partial charge in [-0.1, -0.05) is 182 Å². The van der Waals surface area contributed by atoms with E-state index in [1.165, 1.54) is 20.9 Å². The summed E-state index contributed by atoms with van der Waals surface area (Å²) < 4.78 is 0. The van der Waals surface area contributed by atoms with Crippen molar-refractivity contribution in [1.82, 2.24) is 60.8 Å².